The maximum absolute atomic E-state index is 11.6. The second kappa shape index (κ2) is 5.45. The van der Waals surface area contributed by atoms with E-state index in [9.17, 15) is 23.3 Å². The van der Waals surface area contributed by atoms with Gasteiger partial charge in [-0.05, 0) is 20.0 Å². The molecule has 0 aliphatic carbocycles. The van der Waals surface area contributed by atoms with E-state index in [0.717, 1.165) is 6.07 Å². The van der Waals surface area contributed by atoms with Crippen molar-refractivity contribution in [3.05, 3.63) is 33.9 Å². The fourth-order valence-electron chi connectivity index (χ4n) is 1.55. The number of ketones is 1. The Morgan fingerprint density at radius 2 is 2.00 bits per heavy atom. The number of carbonyl (C=O) groups excluding carboxylic acids is 1. The molecule has 0 fully saturated rings. The number of sulfonamides is 1. The Morgan fingerprint density at radius 1 is 1.42 bits per heavy atom. The van der Waals surface area contributed by atoms with Gasteiger partial charge in [-0.2, -0.15) is 0 Å². The van der Waals surface area contributed by atoms with Gasteiger partial charge in [-0.15, -0.1) is 0 Å². The van der Waals surface area contributed by atoms with Crippen molar-refractivity contribution in [1.29, 1.82) is 0 Å². The molecule has 0 amide bonds. The summed E-state index contributed by atoms with van der Waals surface area (Å²) in [4.78, 5) is 21.4. The van der Waals surface area contributed by atoms with Crippen LogP contribution in [-0.4, -0.2) is 26.2 Å². The van der Waals surface area contributed by atoms with Gasteiger partial charge in [-0.1, -0.05) is 13.0 Å². The summed E-state index contributed by atoms with van der Waals surface area (Å²) in [5.74, 6) is -0.890. The third kappa shape index (κ3) is 3.15. The minimum absolute atomic E-state index is 0.201. The lowest BCUT2D eigenvalue weighted by molar-refractivity contribution is -0.385. The lowest BCUT2D eigenvalue weighted by Crippen LogP contribution is -2.19. The van der Waals surface area contributed by atoms with E-state index in [4.69, 9.17) is 0 Å². The Kier molecular flexibility index (Phi) is 4.38. The molecule has 8 heteroatoms. The average Bonchev–Trinajstić information content (AvgIpc) is 2.36. The summed E-state index contributed by atoms with van der Waals surface area (Å²) in [5, 5.41) is 11.0. The maximum atomic E-state index is 11.6. The van der Waals surface area contributed by atoms with Crippen molar-refractivity contribution >= 4 is 21.5 Å². The van der Waals surface area contributed by atoms with Crippen molar-refractivity contribution in [2.24, 2.45) is 0 Å². The van der Waals surface area contributed by atoms with Crippen molar-refractivity contribution < 1.29 is 18.1 Å². The van der Waals surface area contributed by atoms with Crippen molar-refractivity contribution in [1.82, 2.24) is 4.72 Å². The molecule has 0 saturated carbocycles. The summed E-state index contributed by atoms with van der Waals surface area (Å²) in [6.07, 6.45) is 0. The van der Waals surface area contributed by atoms with E-state index in [1.165, 1.54) is 33.0 Å². The molecular formula is C11H14N2O5S. The normalized spacial score (nSPS) is 13.0. The fourth-order valence-corrected chi connectivity index (χ4v) is 2.30. The van der Waals surface area contributed by atoms with E-state index in [1.807, 2.05) is 0 Å². The molecule has 0 heterocycles. The molecule has 1 atom stereocenters. The topological polar surface area (TPSA) is 106 Å². The van der Waals surface area contributed by atoms with Crippen molar-refractivity contribution in [2.75, 3.05) is 7.05 Å². The highest BCUT2D eigenvalue weighted by Gasteiger charge is 2.25. The van der Waals surface area contributed by atoms with Crippen LogP contribution in [0.4, 0.5) is 5.69 Å². The summed E-state index contributed by atoms with van der Waals surface area (Å²) in [6.45, 7) is 2.86. The molecule has 0 spiro atoms. The van der Waals surface area contributed by atoms with E-state index in [-0.39, 0.29) is 21.9 Å². The molecule has 1 rings (SSSR count). The van der Waals surface area contributed by atoms with Crippen LogP contribution in [0.1, 0.15) is 25.3 Å². The molecule has 0 bridgehead atoms. The van der Waals surface area contributed by atoms with Gasteiger partial charge in [-0.3, -0.25) is 14.9 Å². The van der Waals surface area contributed by atoms with Crippen LogP contribution in [0.5, 0.6) is 0 Å². The Hall–Kier alpha value is -1.80. The molecule has 1 aromatic rings. The van der Waals surface area contributed by atoms with Crippen LogP contribution in [0.2, 0.25) is 0 Å². The molecule has 1 N–H and O–H groups in total. The molecular weight excluding hydrogens is 272 g/mol. The van der Waals surface area contributed by atoms with Gasteiger partial charge in [0, 0.05) is 17.5 Å². The van der Waals surface area contributed by atoms with Gasteiger partial charge in [-0.25, -0.2) is 13.1 Å². The number of nitrogens with one attached hydrogen (secondary N) is 1. The number of nitrogens with zero attached hydrogens (tertiary/aromatic N) is 1. The van der Waals surface area contributed by atoms with Crippen LogP contribution in [0.25, 0.3) is 0 Å². The zero-order valence-electron chi connectivity index (χ0n) is 10.7. The lowest BCUT2D eigenvalue weighted by atomic mass is 9.96. The van der Waals surface area contributed by atoms with E-state index in [2.05, 4.69) is 4.72 Å². The van der Waals surface area contributed by atoms with Crippen LogP contribution in [0, 0.1) is 10.1 Å². The first-order valence-corrected chi connectivity index (χ1v) is 6.91. The van der Waals surface area contributed by atoms with Gasteiger partial charge in [0.25, 0.3) is 5.69 Å². The molecule has 0 aliphatic heterocycles. The van der Waals surface area contributed by atoms with E-state index in [1.54, 1.807) is 0 Å². The van der Waals surface area contributed by atoms with Crippen molar-refractivity contribution in [2.45, 2.75) is 24.7 Å². The Balaban J connectivity index is 3.47. The first-order chi connectivity index (χ1) is 8.70. The molecule has 104 valence electrons. The molecule has 1 unspecified atom stereocenters. The number of rotatable bonds is 5. The largest absolute Gasteiger partial charge is 0.299 e. The minimum Gasteiger partial charge on any atom is -0.299 e. The first kappa shape index (κ1) is 15.3. The molecule has 0 aliphatic rings. The highest BCUT2D eigenvalue weighted by molar-refractivity contribution is 7.89. The van der Waals surface area contributed by atoms with Crippen molar-refractivity contribution in [3.63, 3.8) is 0 Å². The molecule has 1 aromatic carbocycles. The molecule has 0 aromatic heterocycles. The highest BCUT2D eigenvalue weighted by atomic mass is 32.2. The van der Waals surface area contributed by atoms with Gasteiger partial charge in [0.15, 0.2) is 0 Å². The van der Waals surface area contributed by atoms with E-state index < -0.39 is 20.9 Å². The van der Waals surface area contributed by atoms with Gasteiger partial charge in [0.1, 0.15) is 5.78 Å². The summed E-state index contributed by atoms with van der Waals surface area (Å²) in [6, 6.07) is 3.50. The second-order valence-electron chi connectivity index (χ2n) is 4.02. The van der Waals surface area contributed by atoms with E-state index in [0.29, 0.717) is 0 Å². The Labute approximate surface area is 110 Å². The third-order valence-corrected chi connectivity index (χ3v) is 4.27. The summed E-state index contributed by atoms with van der Waals surface area (Å²) < 4.78 is 25.3. The SMILES string of the molecule is CNS(=O)(=O)c1ccc(C(C)C(C)=O)c([N+](=O)[O-])c1. The van der Waals surface area contributed by atoms with Gasteiger partial charge >= 0.3 is 0 Å². The summed E-state index contributed by atoms with van der Waals surface area (Å²) in [7, 11) is -2.54. The first-order valence-electron chi connectivity index (χ1n) is 5.43. The van der Waals surface area contributed by atoms with Gasteiger partial charge < -0.3 is 0 Å². The number of nitro benzene ring substituents is 1. The molecule has 0 radical (unpaired) electrons. The maximum Gasteiger partial charge on any atom is 0.274 e. The Morgan fingerprint density at radius 3 is 2.42 bits per heavy atom. The highest BCUT2D eigenvalue weighted by Crippen LogP contribution is 2.29. The number of hydrogen-bond donors (Lipinski definition) is 1. The molecule has 19 heavy (non-hydrogen) atoms. The van der Waals surface area contributed by atoms with Crippen LogP contribution >= 0.6 is 0 Å². The number of Topliss-reactive ketones (excluding diaryl/α,β-unsaturated/α-hetero) is 1. The zero-order chi connectivity index (χ0) is 14.8. The molecule has 0 saturated heterocycles. The van der Waals surface area contributed by atoms with Gasteiger partial charge in [0.2, 0.25) is 10.0 Å². The lowest BCUT2D eigenvalue weighted by Gasteiger charge is -2.10. The minimum atomic E-state index is -3.76. The standard InChI is InChI=1S/C11H14N2O5S/c1-7(8(2)14)10-5-4-9(19(17,18)12-3)6-11(10)13(15)16/h4-7,12H,1-3H3. The smallest absolute Gasteiger partial charge is 0.274 e. The fraction of sp³-hybridized carbons (Fsp3) is 0.364. The van der Waals surface area contributed by atoms with Crippen LogP contribution < -0.4 is 4.72 Å². The van der Waals surface area contributed by atoms with E-state index >= 15 is 0 Å². The monoisotopic (exact) mass is 286 g/mol. The summed E-state index contributed by atoms with van der Waals surface area (Å²) >= 11 is 0. The third-order valence-electron chi connectivity index (χ3n) is 2.85. The average molecular weight is 286 g/mol. The number of benzene rings is 1. The quantitative estimate of drug-likeness (QED) is 0.646. The van der Waals surface area contributed by atoms with Crippen molar-refractivity contribution in [3.8, 4) is 0 Å². The summed E-state index contributed by atoms with van der Waals surface area (Å²) in [5.41, 5.74) is -0.174. The van der Waals surface area contributed by atoms with Crippen LogP contribution in [0.3, 0.4) is 0 Å². The van der Waals surface area contributed by atoms with Gasteiger partial charge in [0.05, 0.1) is 9.82 Å². The van der Waals surface area contributed by atoms with Crippen LogP contribution in [-0.2, 0) is 14.8 Å². The second-order valence-corrected chi connectivity index (χ2v) is 5.90. The molecule has 7 nitrogen and oxygen atoms in total. The predicted molar refractivity (Wildman–Crippen MR) is 68.4 cm³/mol. The number of carbonyl (C=O) groups is 1. The Bertz CT molecular complexity index is 624. The van der Waals surface area contributed by atoms with Crippen LogP contribution in [0.15, 0.2) is 23.1 Å². The number of nitro groups is 1. The number of hydrogen-bond acceptors (Lipinski definition) is 5. The predicted octanol–water partition coefficient (Wildman–Crippen LogP) is 1.20. The zero-order valence-corrected chi connectivity index (χ0v) is 11.5.